The molecule has 0 radical (unpaired) electrons. The summed E-state index contributed by atoms with van der Waals surface area (Å²) < 4.78 is 5.49. The molecule has 2 nitrogen and oxygen atoms in total. The molecule has 3 rings (SSSR count). The first kappa shape index (κ1) is 12.3. The van der Waals surface area contributed by atoms with Gasteiger partial charge in [0.15, 0.2) is 0 Å². The maximum atomic E-state index is 6.05. The number of fused-ring (bicyclic) bond motifs is 1. The molecule has 3 aromatic rings. The number of nitrogens with two attached hydrogens (primary N) is 1. The summed E-state index contributed by atoms with van der Waals surface area (Å²) in [4.78, 5) is 0. The molecule has 0 amide bonds. The molecule has 2 aromatic carbocycles. The Bertz CT molecular complexity index is 766. The van der Waals surface area contributed by atoms with Crippen molar-refractivity contribution >= 4 is 23.1 Å². The average molecular weight is 261 g/mol. The molecule has 0 spiro atoms. The van der Waals surface area contributed by atoms with Crippen molar-refractivity contribution in [2.24, 2.45) is 5.73 Å². The van der Waals surface area contributed by atoms with E-state index in [1.165, 1.54) is 0 Å². The molecule has 1 heterocycles. The number of allylic oxidation sites excluding steroid dienone is 1. The molecule has 2 N–H and O–H groups in total. The lowest BCUT2D eigenvalue weighted by Gasteiger charge is -1.98. The number of benzene rings is 2. The van der Waals surface area contributed by atoms with Gasteiger partial charge in [0.1, 0.15) is 5.58 Å². The van der Waals surface area contributed by atoms with E-state index >= 15 is 0 Å². The summed E-state index contributed by atoms with van der Waals surface area (Å²) in [7, 11) is 0. The molecule has 98 valence electrons. The highest BCUT2D eigenvalue weighted by Gasteiger charge is 2.01. The van der Waals surface area contributed by atoms with Gasteiger partial charge in [-0.1, -0.05) is 54.6 Å². The van der Waals surface area contributed by atoms with Crippen LogP contribution in [0.15, 0.2) is 77.1 Å². The molecule has 0 atom stereocenters. The third-order valence-electron chi connectivity index (χ3n) is 3.10. The molecule has 0 saturated heterocycles. The smallest absolute Gasteiger partial charge is 0.141 e. The number of hydrogen-bond donors (Lipinski definition) is 1. The van der Waals surface area contributed by atoms with Crippen LogP contribution in [0, 0.1) is 0 Å². The molecule has 1 aromatic heterocycles. The summed E-state index contributed by atoms with van der Waals surface area (Å²) in [5.74, 6) is 0. The summed E-state index contributed by atoms with van der Waals surface area (Å²) in [5.41, 5.74) is 9.72. The minimum absolute atomic E-state index is 0.692. The standard InChI is InChI=1S/C18H15NO/c19-17(10-9-14-5-2-1-3-6-14)13-16-8-4-7-15-11-12-20-18(15)16/h1-13H,19H2. The third kappa shape index (κ3) is 2.64. The van der Waals surface area contributed by atoms with E-state index in [-0.39, 0.29) is 0 Å². The van der Waals surface area contributed by atoms with Gasteiger partial charge >= 0.3 is 0 Å². The van der Waals surface area contributed by atoms with E-state index in [9.17, 15) is 0 Å². The van der Waals surface area contributed by atoms with E-state index in [4.69, 9.17) is 10.2 Å². The van der Waals surface area contributed by atoms with Crippen molar-refractivity contribution in [2.75, 3.05) is 0 Å². The van der Waals surface area contributed by atoms with E-state index in [0.717, 1.165) is 22.1 Å². The molecule has 0 saturated carbocycles. The fraction of sp³-hybridized carbons (Fsp3) is 0. The first-order valence-corrected chi connectivity index (χ1v) is 6.49. The lowest BCUT2D eigenvalue weighted by molar-refractivity contribution is 0.615. The van der Waals surface area contributed by atoms with Crippen molar-refractivity contribution in [1.82, 2.24) is 0 Å². The van der Waals surface area contributed by atoms with Gasteiger partial charge in [-0.05, 0) is 23.8 Å². The van der Waals surface area contributed by atoms with Gasteiger partial charge in [0.25, 0.3) is 0 Å². The van der Waals surface area contributed by atoms with Gasteiger partial charge in [0.05, 0.1) is 6.26 Å². The monoisotopic (exact) mass is 261 g/mol. The van der Waals surface area contributed by atoms with E-state index in [1.807, 2.05) is 72.8 Å². The molecule has 0 bridgehead atoms. The quantitative estimate of drug-likeness (QED) is 0.708. The average Bonchev–Trinajstić information content (AvgIpc) is 2.96. The largest absolute Gasteiger partial charge is 0.464 e. The van der Waals surface area contributed by atoms with Crippen LogP contribution in [0.5, 0.6) is 0 Å². The summed E-state index contributed by atoms with van der Waals surface area (Å²) in [6.45, 7) is 0. The van der Waals surface area contributed by atoms with Gasteiger partial charge in [-0.3, -0.25) is 0 Å². The van der Waals surface area contributed by atoms with E-state index in [0.29, 0.717) is 5.70 Å². The van der Waals surface area contributed by atoms with Gasteiger partial charge in [-0.15, -0.1) is 0 Å². The fourth-order valence-corrected chi connectivity index (χ4v) is 2.11. The molecule has 0 aliphatic heterocycles. The van der Waals surface area contributed by atoms with E-state index < -0.39 is 0 Å². The van der Waals surface area contributed by atoms with Crippen LogP contribution >= 0.6 is 0 Å². The number of rotatable bonds is 3. The molecule has 20 heavy (non-hydrogen) atoms. The third-order valence-corrected chi connectivity index (χ3v) is 3.10. The summed E-state index contributed by atoms with van der Waals surface area (Å²) in [6, 6.07) is 18.0. The van der Waals surface area contributed by atoms with Crippen molar-refractivity contribution in [1.29, 1.82) is 0 Å². The van der Waals surface area contributed by atoms with Crippen LogP contribution in [0.1, 0.15) is 11.1 Å². The summed E-state index contributed by atoms with van der Waals surface area (Å²) >= 11 is 0. The van der Waals surface area contributed by atoms with Crippen LogP contribution in [0.2, 0.25) is 0 Å². The minimum atomic E-state index is 0.692. The van der Waals surface area contributed by atoms with Crippen molar-refractivity contribution in [3.05, 3.63) is 83.8 Å². The summed E-state index contributed by atoms with van der Waals surface area (Å²) in [5, 5.41) is 1.08. The molecule has 0 aliphatic rings. The van der Waals surface area contributed by atoms with Crippen LogP contribution in [-0.2, 0) is 0 Å². The highest BCUT2D eigenvalue weighted by atomic mass is 16.3. The lowest BCUT2D eigenvalue weighted by atomic mass is 10.1. The van der Waals surface area contributed by atoms with E-state index in [1.54, 1.807) is 6.26 Å². The maximum Gasteiger partial charge on any atom is 0.141 e. The Balaban J connectivity index is 1.88. The second kappa shape index (κ2) is 5.49. The van der Waals surface area contributed by atoms with Crippen molar-refractivity contribution in [2.45, 2.75) is 0 Å². The first-order valence-electron chi connectivity index (χ1n) is 6.49. The Hall–Kier alpha value is -2.74. The SMILES string of the molecule is NC(C=Cc1ccccc1)=Cc1cccc2ccoc12. The van der Waals surface area contributed by atoms with Gasteiger partial charge in [-0.25, -0.2) is 0 Å². The van der Waals surface area contributed by atoms with Crippen LogP contribution < -0.4 is 5.73 Å². The van der Waals surface area contributed by atoms with Crippen LogP contribution in [0.4, 0.5) is 0 Å². The number of furan rings is 1. The fourth-order valence-electron chi connectivity index (χ4n) is 2.11. The molecule has 0 fully saturated rings. The Morgan fingerprint density at radius 3 is 2.65 bits per heavy atom. The topological polar surface area (TPSA) is 39.2 Å². The Labute approximate surface area is 117 Å². The molecule has 2 heteroatoms. The number of hydrogen-bond acceptors (Lipinski definition) is 2. The highest BCUT2D eigenvalue weighted by Crippen LogP contribution is 2.21. The number of para-hydroxylation sites is 1. The van der Waals surface area contributed by atoms with Gasteiger partial charge in [-0.2, -0.15) is 0 Å². The maximum absolute atomic E-state index is 6.05. The van der Waals surface area contributed by atoms with Gasteiger partial charge in [0, 0.05) is 16.6 Å². The normalized spacial score (nSPS) is 12.3. The molecule has 0 unspecified atom stereocenters. The first-order chi connectivity index (χ1) is 9.83. The predicted molar refractivity (Wildman–Crippen MR) is 83.9 cm³/mol. The zero-order valence-electron chi connectivity index (χ0n) is 11.0. The van der Waals surface area contributed by atoms with Crippen LogP contribution in [-0.4, -0.2) is 0 Å². The summed E-state index contributed by atoms with van der Waals surface area (Å²) in [6.07, 6.45) is 7.51. The molecular weight excluding hydrogens is 246 g/mol. The Kier molecular flexibility index (Phi) is 3.38. The Morgan fingerprint density at radius 1 is 0.950 bits per heavy atom. The van der Waals surface area contributed by atoms with Crippen molar-refractivity contribution < 1.29 is 4.42 Å². The predicted octanol–water partition coefficient (Wildman–Crippen LogP) is 4.45. The van der Waals surface area contributed by atoms with Crippen molar-refractivity contribution in [3.8, 4) is 0 Å². The molecule has 0 aliphatic carbocycles. The second-order valence-corrected chi connectivity index (χ2v) is 4.57. The Morgan fingerprint density at radius 2 is 1.80 bits per heavy atom. The minimum Gasteiger partial charge on any atom is -0.464 e. The van der Waals surface area contributed by atoms with Crippen molar-refractivity contribution in [3.63, 3.8) is 0 Å². The van der Waals surface area contributed by atoms with Gasteiger partial charge in [0.2, 0.25) is 0 Å². The lowest BCUT2D eigenvalue weighted by Crippen LogP contribution is -1.92. The molecular formula is C18H15NO. The second-order valence-electron chi connectivity index (χ2n) is 4.57. The zero-order valence-corrected chi connectivity index (χ0v) is 11.0. The van der Waals surface area contributed by atoms with Crippen LogP contribution in [0.25, 0.3) is 23.1 Å². The van der Waals surface area contributed by atoms with Crippen LogP contribution in [0.3, 0.4) is 0 Å². The van der Waals surface area contributed by atoms with Gasteiger partial charge < -0.3 is 10.2 Å². The highest BCUT2D eigenvalue weighted by molar-refractivity contribution is 5.86. The zero-order chi connectivity index (χ0) is 13.8. The van der Waals surface area contributed by atoms with E-state index in [2.05, 4.69) is 0 Å².